The molecule has 0 amide bonds. The normalized spacial score (nSPS) is 14.9. The second-order valence-electron chi connectivity index (χ2n) is 13.2. The highest BCUT2D eigenvalue weighted by Crippen LogP contribution is 2.45. The molecule has 0 spiro atoms. The molecule has 6 aromatic carbocycles. The average Bonchev–Trinajstić information content (AvgIpc) is 3.80. The van der Waals surface area contributed by atoms with Gasteiger partial charge < -0.3 is 19.3 Å². The van der Waals surface area contributed by atoms with Crippen molar-refractivity contribution in [2.45, 2.75) is 39.3 Å². The number of aliphatic hydroxyl groups is 1. The first-order valence-corrected chi connectivity index (χ1v) is 18.5. The van der Waals surface area contributed by atoms with E-state index in [9.17, 15) is 14.7 Å². The molecule has 0 aliphatic carbocycles. The van der Waals surface area contributed by atoms with Gasteiger partial charge in [-0.25, -0.2) is 4.79 Å². The third-order valence-corrected chi connectivity index (χ3v) is 9.97. The van der Waals surface area contributed by atoms with Gasteiger partial charge in [-0.15, -0.1) is 0 Å². The van der Waals surface area contributed by atoms with Gasteiger partial charge in [0.05, 0.1) is 17.3 Å². The standard InChI is InChI=1S/C32H26N2O4S.C14H12O2/c1-20-8-12-25(16-21(20)2)32(36)27(30(31(35)38-32)24-11-15-28-29(18-24)34-39-33-28)17-22-9-13-26(14-10-22)37-19-23-6-4-3-5-7-23;15-10-12-6-8-14(9-7-12)16-11-13-4-2-1-3-5-13/h3-16,18,36H,17,19H2,1-2H3;1-10H,11H2. The molecule has 2 heterocycles. The van der Waals surface area contributed by atoms with E-state index < -0.39 is 11.8 Å². The number of aryl methyl sites for hydroxylation is 2. The fraction of sp³-hybridized carbons (Fsp3) is 0.130. The van der Waals surface area contributed by atoms with E-state index in [1.54, 1.807) is 24.3 Å². The number of rotatable bonds is 11. The molecular formula is C46H38N2O6S. The number of aldehydes is 1. The molecule has 1 aromatic heterocycles. The van der Waals surface area contributed by atoms with Crippen molar-refractivity contribution in [3.05, 3.63) is 196 Å². The molecule has 8 rings (SSSR count). The van der Waals surface area contributed by atoms with Crippen LogP contribution in [0.3, 0.4) is 0 Å². The quantitative estimate of drug-likeness (QED) is 0.103. The molecule has 0 radical (unpaired) electrons. The second-order valence-corrected chi connectivity index (χ2v) is 13.7. The van der Waals surface area contributed by atoms with E-state index in [2.05, 4.69) is 8.75 Å². The lowest BCUT2D eigenvalue weighted by molar-refractivity contribution is -0.185. The van der Waals surface area contributed by atoms with Crippen molar-refractivity contribution < 1.29 is 28.9 Å². The maximum Gasteiger partial charge on any atom is 0.342 e. The zero-order valence-electron chi connectivity index (χ0n) is 30.3. The van der Waals surface area contributed by atoms with Crippen LogP contribution in [0, 0.1) is 13.8 Å². The van der Waals surface area contributed by atoms with Crippen LogP contribution in [-0.2, 0) is 35.0 Å². The topological polar surface area (TPSA) is 108 Å². The Labute approximate surface area is 323 Å². The summed E-state index contributed by atoms with van der Waals surface area (Å²) in [6.07, 6.45) is 1.12. The van der Waals surface area contributed by atoms with Crippen molar-refractivity contribution in [2.24, 2.45) is 0 Å². The smallest absolute Gasteiger partial charge is 0.342 e. The highest BCUT2D eigenvalue weighted by molar-refractivity contribution is 7.00. The minimum atomic E-state index is -1.90. The third kappa shape index (κ3) is 8.70. The van der Waals surface area contributed by atoms with Crippen LogP contribution >= 0.6 is 11.7 Å². The molecule has 274 valence electrons. The minimum absolute atomic E-state index is 0.302. The number of carbonyl (C=O) groups is 2. The van der Waals surface area contributed by atoms with Crippen LogP contribution in [0.1, 0.15) is 49.3 Å². The SMILES string of the molecule is Cc1ccc(C2(O)OC(=O)C(c3ccc4nsnc4c3)=C2Cc2ccc(OCc3ccccc3)cc2)cc1C.O=Cc1ccc(OCc2ccccc2)cc1. The summed E-state index contributed by atoms with van der Waals surface area (Å²) in [6.45, 7) is 4.99. The average molecular weight is 747 g/mol. The van der Waals surface area contributed by atoms with Crippen molar-refractivity contribution in [1.82, 2.24) is 8.75 Å². The summed E-state index contributed by atoms with van der Waals surface area (Å²) in [5, 5.41) is 12.0. The number of ether oxygens (including phenoxy) is 3. The zero-order valence-corrected chi connectivity index (χ0v) is 31.2. The Kier molecular flexibility index (Phi) is 11.2. The van der Waals surface area contributed by atoms with Gasteiger partial charge in [-0.2, -0.15) is 8.75 Å². The summed E-state index contributed by atoms with van der Waals surface area (Å²) in [5.41, 5.74) is 9.30. The first kappa shape index (κ1) is 36.9. The molecule has 1 atom stereocenters. The summed E-state index contributed by atoms with van der Waals surface area (Å²) in [4.78, 5) is 23.8. The van der Waals surface area contributed by atoms with Crippen molar-refractivity contribution in [2.75, 3.05) is 0 Å². The second kappa shape index (κ2) is 16.7. The van der Waals surface area contributed by atoms with Gasteiger partial charge in [0.2, 0.25) is 0 Å². The molecule has 1 aliphatic heterocycles. The number of aromatic nitrogens is 2. The Morgan fingerprint density at radius 3 is 1.87 bits per heavy atom. The van der Waals surface area contributed by atoms with Gasteiger partial charge in [-0.1, -0.05) is 91.0 Å². The molecule has 1 N–H and O–H groups in total. The molecule has 8 nitrogen and oxygen atoms in total. The van der Waals surface area contributed by atoms with Gasteiger partial charge >= 0.3 is 5.97 Å². The van der Waals surface area contributed by atoms with Crippen molar-refractivity contribution >= 4 is 40.6 Å². The van der Waals surface area contributed by atoms with Gasteiger partial charge in [-0.05, 0) is 102 Å². The summed E-state index contributed by atoms with van der Waals surface area (Å²) in [6, 6.07) is 45.8. The van der Waals surface area contributed by atoms with Crippen molar-refractivity contribution in [3.63, 3.8) is 0 Å². The Balaban J connectivity index is 0.000000243. The Bertz CT molecular complexity index is 2450. The van der Waals surface area contributed by atoms with Crippen LogP contribution in [0.2, 0.25) is 0 Å². The van der Waals surface area contributed by atoms with E-state index in [0.29, 0.717) is 53.0 Å². The molecular weight excluding hydrogens is 709 g/mol. The summed E-state index contributed by atoms with van der Waals surface area (Å²) in [7, 11) is 0. The largest absolute Gasteiger partial charge is 0.489 e. The first-order chi connectivity index (χ1) is 26.8. The van der Waals surface area contributed by atoms with Crippen LogP contribution in [0.15, 0.2) is 151 Å². The monoisotopic (exact) mass is 746 g/mol. The number of fused-ring (bicyclic) bond motifs is 1. The van der Waals surface area contributed by atoms with Gasteiger partial charge in [0.1, 0.15) is 42.0 Å². The molecule has 0 saturated heterocycles. The van der Waals surface area contributed by atoms with E-state index in [-0.39, 0.29) is 0 Å². The van der Waals surface area contributed by atoms with Gasteiger partial charge in [0, 0.05) is 23.1 Å². The highest BCUT2D eigenvalue weighted by atomic mass is 32.1. The number of benzene rings is 6. The van der Waals surface area contributed by atoms with Gasteiger partial charge in [-0.3, -0.25) is 4.79 Å². The summed E-state index contributed by atoms with van der Waals surface area (Å²) < 4.78 is 25.9. The number of nitrogens with zero attached hydrogens (tertiary/aromatic N) is 2. The van der Waals surface area contributed by atoms with Crippen LogP contribution < -0.4 is 9.47 Å². The zero-order chi connectivity index (χ0) is 38.2. The van der Waals surface area contributed by atoms with Crippen LogP contribution in [0.5, 0.6) is 11.5 Å². The maximum atomic E-state index is 13.4. The lowest BCUT2D eigenvalue weighted by Crippen LogP contribution is -2.30. The van der Waals surface area contributed by atoms with Gasteiger partial charge in [0.25, 0.3) is 5.79 Å². The number of esters is 1. The fourth-order valence-corrected chi connectivity index (χ4v) is 6.71. The fourth-order valence-electron chi connectivity index (χ4n) is 6.19. The third-order valence-electron chi connectivity index (χ3n) is 9.41. The summed E-state index contributed by atoms with van der Waals surface area (Å²) >= 11 is 1.12. The molecule has 0 saturated carbocycles. The molecule has 1 aliphatic rings. The molecule has 9 heteroatoms. The lowest BCUT2D eigenvalue weighted by Gasteiger charge is -2.26. The predicted octanol–water partition coefficient (Wildman–Crippen LogP) is 9.36. The first-order valence-electron chi connectivity index (χ1n) is 17.8. The van der Waals surface area contributed by atoms with Crippen LogP contribution in [0.4, 0.5) is 0 Å². The minimum Gasteiger partial charge on any atom is -0.489 e. The predicted molar refractivity (Wildman–Crippen MR) is 214 cm³/mol. The Morgan fingerprint density at radius 1 is 0.673 bits per heavy atom. The van der Waals surface area contributed by atoms with E-state index in [1.807, 2.05) is 135 Å². The Hall–Kier alpha value is -6.42. The van der Waals surface area contributed by atoms with E-state index >= 15 is 0 Å². The van der Waals surface area contributed by atoms with E-state index in [4.69, 9.17) is 14.2 Å². The molecule has 1 unspecified atom stereocenters. The van der Waals surface area contributed by atoms with Crippen molar-refractivity contribution in [1.29, 1.82) is 0 Å². The number of carbonyl (C=O) groups excluding carboxylic acids is 2. The molecule has 0 bridgehead atoms. The van der Waals surface area contributed by atoms with Crippen molar-refractivity contribution in [3.8, 4) is 11.5 Å². The molecule has 7 aromatic rings. The lowest BCUT2D eigenvalue weighted by atomic mass is 9.87. The Morgan fingerprint density at radius 2 is 1.27 bits per heavy atom. The number of hydrogen-bond acceptors (Lipinski definition) is 9. The van der Waals surface area contributed by atoms with E-state index in [0.717, 1.165) is 62.8 Å². The van der Waals surface area contributed by atoms with Crippen LogP contribution in [0.25, 0.3) is 16.6 Å². The maximum absolute atomic E-state index is 13.4. The van der Waals surface area contributed by atoms with Gasteiger partial charge in [0.15, 0.2) is 0 Å². The van der Waals surface area contributed by atoms with Crippen LogP contribution in [-0.4, -0.2) is 26.1 Å². The van der Waals surface area contributed by atoms with E-state index in [1.165, 1.54) is 0 Å². The summed E-state index contributed by atoms with van der Waals surface area (Å²) in [5.74, 6) is -0.963. The molecule has 55 heavy (non-hydrogen) atoms. The number of hydrogen-bond donors (Lipinski definition) is 1. The number of cyclic esters (lactones) is 1. The molecule has 0 fully saturated rings. The highest BCUT2D eigenvalue weighted by Gasteiger charge is 2.48.